The minimum Gasteiger partial charge on any atom is -0.329 e. The maximum atomic E-state index is 14.2. The van der Waals surface area contributed by atoms with Crippen LogP contribution in [0.15, 0.2) is 4.79 Å². The summed E-state index contributed by atoms with van der Waals surface area (Å²) in [6.45, 7) is 8.85. The van der Waals surface area contributed by atoms with Crippen molar-refractivity contribution >= 4 is 27.5 Å². The van der Waals surface area contributed by atoms with Crippen molar-refractivity contribution in [2.24, 2.45) is 0 Å². The maximum Gasteiger partial charge on any atom is 0.263 e. The SMILES string of the molecule is CCN1CCc2c(sc3nc4n(c(=O)c23)C(C)(C)CC(=O)N2C[C@H](F)C[C@@H]42)C1. The van der Waals surface area contributed by atoms with Crippen molar-refractivity contribution in [2.45, 2.75) is 64.3 Å². The van der Waals surface area contributed by atoms with E-state index in [4.69, 9.17) is 4.98 Å². The zero-order chi connectivity index (χ0) is 19.8. The number of amides is 1. The molecule has 150 valence electrons. The standard InChI is InChI=1S/C20H25FN4O2S/c1-4-23-6-5-12-14(10-23)28-18-16(12)19(27)25-17(22-18)13-7-11(21)9-24(13)15(26)8-20(25,2)3/h11,13H,4-10H2,1-3H3/t11-,13+/m1/s1. The lowest BCUT2D eigenvalue weighted by molar-refractivity contribution is -0.133. The monoisotopic (exact) mass is 404 g/mol. The van der Waals surface area contributed by atoms with Crippen LogP contribution in [-0.4, -0.2) is 51.1 Å². The molecule has 0 saturated carbocycles. The molecule has 2 atom stereocenters. The van der Waals surface area contributed by atoms with Gasteiger partial charge in [-0.2, -0.15) is 0 Å². The molecule has 1 fully saturated rings. The van der Waals surface area contributed by atoms with Gasteiger partial charge in [-0.05, 0) is 32.4 Å². The number of hydrogen-bond donors (Lipinski definition) is 0. The quantitative estimate of drug-likeness (QED) is 0.733. The molecule has 5 heterocycles. The maximum absolute atomic E-state index is 14.2. The highest BCUT2D eigenvalue weighted by atomic mass is 32.1. The van der Waals surface area contributed by atoms with Crippen LogP contribution in [0.1, 0.15) is 55.9 Å². The summed E-state index contributed by atoms with van der Waals surface area (Å²) in [6, 6.07) is -0.451. The summed E-state index contributed by atoms with van der Waals surface area (Å²) >= 11 is 1.59. The number of hydrogen-bond acceptors (Lipinski definition) is 5. The molecule has 0 aromatic carbocycles. The Morgan fingerprint density at radius 2 is 2.11 bits per heavy atom. The molecule has 2 aromatic heterocycles. The van der Waals surface area contributed by atoms with Gasteiger partial charge in [0.1, 0.15) is 16.8 Å². The van der Waals surface area contributed by atoms with E-state index in [0.717, 1.165) is 36.4 Å². The average Bonchev–Trinajstić information content (AvgIpc) is 3.18. The Bertz CT molecular complexity index is 1040. The van der Waals surface area contributed by atoms with E-state index in [1.807, 2.05) is 13.8 Å². The molecular weight excluding hydrogens is 379 g/mol. The fourth-order valence-electron chi connectivity index (χ4n) is 5.05. The Kier molecular flexibility index (Phi) is 3.97. The molecule has 0 unspecified atom stereocenters. The van der Waals surface area contributed by atoms with E-state index in [9.17, 15) is 14.0 Å². The number of fused-ring (bicyclic) bond motifs is 6. The largest absolute Gasteiger partial charge is 0.329 e. The third-order valence-corrected chi connectivity index (χ3v) is 7.59. The van der Waals surface area contributed by atoms with Crippen LogP contribution in [0, 0.1) is 0 Å². The molecule has 2 aromatic rings. The van der Waals surface area contributed by atoms with E-state index in [0.29, 0.717) is 11.2 Å². The van der Waals surface area contributed by atoms with Gasteiger partial charge >= 0.3 is 0 Å². The molecule has 0 aliphatic carbocycles. The number of halogens is 1. The Balaban J connectivity index is 1.77. The van der Waals surface area contributed by atoms with Gasteiger partial charge in [0.15, 0.2) is 0 Å². The first kappa shape index (κ1) is 18.2. The van der Waals surface area contributed by atoms with Crippen molar-refractivity contribution in [3.8, 4) is 0 Å². The molecule has 0 bridgehead atoms. The lowest BCUT2D eigenvalue weighted by Gasteiger charge is -2.28. The first-order valence-corrected chi connectivity index (χ1v) is 10.9. The van der Waals surface area contributed by atoms with Crippen LogP contribution in [0.3, 0.4) is 0 Å². The van der Waals surface area contributed by atoms with Crippen molar-refractivity contribution in [1.82, 2.24) is 19.4 Å². The molecule has 0 N–H and O–H groups in total. The van der Waals surface area contributed by atoms with Gasteiger partial charge in [0.2, 0.25) is 5.91 Å². The van der Waals surface area contributed by atoms with Gasteiger partial charge in [-0.1, -0.05) is 6.92 Å². The number of likely N-dealkylation sites (N-methyl/N-ethyl adjacent to an activating group) is 1. The van der Waals surface area contributed by atoms with Gasteiger partial charge in [0, 0.05) is 24.4 Å². The molecule has 1 saturated heterocycles. The van der Waals surface area contributed by atoms with Gasteiger partial charge in [0.05, 0.1) is 29.9 Å². The highest BCUT2D eigenvalue weighted by Crippen LogP contribution is 2.41. The van der Waals surface area contributed by atoms with Crippen LogP contribution in [-0.2, 0) is 23.3 Å². The van der Waals surface area contributed by atoms with Gasteiger partial charge in [-0.15, -0.1) is 11.3 Å². The summed E-state index contributed by atoms with van der Waals surface area (Å²) in [7, 11) is 0. The van der Waals surface area contributed by atoms with E-state index >= 15 is 0 Å². The molecule has 3 aliphatic heterocycles. The first-order valence-electron chi connectivity index (χ1n) is 10.0. The third kappa shape index (κ3) is 2.50. The number of rotatable bonds is 1. The Morgan fingerprint density at radius 1 is 1.32 bits per heavy atom. The van der Waals surface area contributed by atoms with Crippen molar-refractivity contribution in [2.75, 3.05) is 19.6 Å². The van der Waals surface area contributed by atoms with Crippen LogP contribution in [0.25, 0.3) is 10.2 Å². The van der Waals surface area contributed by atoms with Crippen LogP contribution in [0.2, 0.25) is 0 Å². The Labute approximate surface area is 167 Å². The van der Waals surface area contributed by atoms with Gasteiger partial charge in [-0.25, -0.2) is 9.37 Å². The minimum absolute atomic E-state index is 0.0654. The molecule has 0 spiro atoms. The second-order valence-corrected chi connectivity index (χ2v) is 9.88. The van der Waals surface area contributed by atoms with Crippen molar-refractivity contribution in [3.63, 3.8) is 0 Å². The van der Waals surface area contributed by atoms with Gasteiger partial charge < -0.3 is 4.90 Å². The summed E-state index contributed by atoms with van der Waals surface area (Å²) in [5.41, 5.74) is 0.375. The molecule has 8 heteroatoms. The molecule has 1 amide bonds. The summed E-state index contributed by atoms with van der Waals surface area (Å²) < 4.78 is 15.9. The molecule has 0 radical (unpaired) electrons. The minimum atomic E-state index is -1.06. The van der Waals surface area contributed by atoms with Crippen LogP contribution >= 0.6 is 11.3 Å². The first-order chi connectivity index (χ1) is 13.3. The lowest BCUT2D eigenvalue weighted by atomic mass is 9.98. The summed E-state index contributed by atoms with van der Waals surface area (Å²) in [6.07, 6.45) is 0.188. The van der Waals surface area contributed by atoms with E-state index in [-0.39, 0.29) is 30.9 Å². The fourth-order valence-corrected chi connectivity index (χ4v) is 6.31. The lowest BCUT2D eigenvalue weighted by Crippen LogP contribution is -2.40. The number of alkyl halides is 1. The van der Waals surface area contributed by atoms with Gasteiger partial charge in [-0.3, -0.25) is 19.1 Å². The number of carbonyl (C=O) groups excluding carboxylic acids is 1. The van der Waals surface area contributed by atoms with Crippen LogP contribution < -0.4 is 5.56 Å². The van der Waals surface area contributed by atoms with Crippen molar-refractivity contribution in [1.29, 1.82) is 0 Å². The van der Waals surface area contributed by atoms with Crippen molar-refractivity contribution < 1.29 is 9.18 Å². The Morgan fingerprint density at radius 3 is 2.86 bits per heavy atom. The topological polar surface area (TPSA) is 58.4 Å². The fraction of sp³-hybridized carbons (Fsp3) is 0.650. The predicted octanol–water partition coefficient (Wildman–Crippen LogP) is 2.59. The zero-order valence-electron chi connectivity index (χ0n) is 16.5. The van der Waals surface area contributed by atoms with E-state index in [1.165, 1.54) is 4.88 Å². The number of nitrogens with zero attached hydrogens (tertiary/aromatic N) is 4. The molecule has 6 nitrogen and oxygen atoms in total. The second-order valence-electron chi connectivity index (χ2n) is 8.80. The zero-order valence-corrected chi connectivity index (χ0v) is 17.3. The number of carbonyl (C=O) groups is 1. The second kappa shape index (κ2) is 6.10. The molecule has 5 rings (SSSR count). The molecule has 28 heavy (non-hydrogen) atoms. The van der Waals surface area contributed by atoms with E-state index < -0.39 is 17.8 Å². The molecule has 3 aliphatic rings. The van der Waals surface area contributed by atoms with Crippen LogP contribution in [0.5, 0.6) is 0 Å². The predicted molar refractivity (Wildman–Crippen MR) is 106 cm³/mol. The Hall–Kier alpha value is -1.80. The van der Waals surface area contributed by atoms with Crippen molar-refractivity contribution in [3.05, 3.63) is 26.6 Å². The smallest absolute Gasteiger partial charge is 0.263 e. The van der Waals surface area contributed by atoms with Crippen LogP contribution in [0.4, 0.5) is 4.39 Å². The number of aromatic nitrogens is 2. The van der Waals surface area contributed by atoms with Gasteiger partial charge in [0.25, 0.3) is 5.56 Å². The average molecular weight is 405 g/mol. The van der Waals surface area contributed by atoms with E-state index in [2.05, 4.69) is 11.8 Å². The highest BCUT2D eigenvalue weighted by Gasteiger charge is 2.45. The summed E-state index contributed by atoms with van der Waals surface area (Å²) in [5.74, 6) is 0.462. The third-order valence-electron chi connectivity index (χ3n) is 6.48. The normalized spacial score (nSPS) is 26.9. The summed E-state index contributed by atoms with van der Waals surface area (Å²) in [5, 5.41) is 0.711. The summed E-state index contributed by atoms with van der Waals surface area (Å²) in [4.78, 5) is 37.3. The number of thiophene rings is 1. The van der Waals surface area contributed by atoms with E-state index in [1.54, 1.807) is 20.8 Å². The molecular formula is C20H25FN4O2S. The highest BCUT2D eigenvalue weighted by molar-refractivity contribution is 7.18.